The van der Waals surface area contributed by atoms with Gasteiger partial charge in [-0.15, -0.1) is 22.9 Å². The number of halogens is 1. The molecule has 1 aromatic heterocycles. The highest BCUT2D eigenvalue weighted by Crippen LogP contribution is 2.37. The fourth-order valence-electron chi connectivity index (χ4n) is 2.44. The molecule has 0 saturated carbocycles. The number of alkyl halides is 1. The van der Waals surface area contributed by atoms with Crippen molar-refractivity contribution in [1.82, 2.24) is 5.32 Å². The Labute approximate surface area is 132 Å². The van der Waals surface area contributed by atoms with Crippen LogP contribution in [-0.4, -0.2) is 19.1 Å². The zero-order valence-corrected chi connectivity index (χ0v) is 13.3. The van der Waals surface area contributed by atoms with Crippen LogP contribution < -0.4 is 10.1 Å². The summed E-state index contributed by atoms with van der Waals surface area (Å²) in [6.45, 7) is 3.14. The lowest BCUT2D eigenvalue weighted by atomic mass is 10.0. The smallest absolute Gasteiger partial charge is 0.255 e. The summed E-state index contributed by atoms with van der Waals surface area (Å²) in [5.74, 6) is 0.523. The van der Waals surface area contributed by atoms with Crippen LogP contribution in [0.1, 0.15) is 38.7 Å². The van der Waals surface area contributed by atoms with Crippen LogP contribution in [0.2, 0.25) is 0 Å². The van der Waals surface area contributed by atoms with Crippen molar-refractivity contribution in [2.45, 2.75) is 18.7 Å². The van der Waals surface area contributed by atoms with Crippen LogP contribution in [-0.2, 0) is 6.42 Å². The van der Waals surface area contributed by atoms with Gasteiger partial charge in [0.05, 0.1) is 17.5 Å². The largest absolute Gasteiger partial charge is 0.491 e. The van der Waals surface area contributed by atoms with E-state index >= 15 is 0 Å². The molecule has 5 heteroatoms. The topological polar surface area (TPSA) is 38.3 Å². The van der Waals surface area contributed by atoms with Crippen molar-refractivity contribution in [2.24, 2.45) is 0 Å². The Bertz CT molecular complexity index is 668. The van der Waals surface area contributed by atoms with Crippen molar-refractivity contribution in [3.05, 3.63) is 51.2 Å². The van der Waals surface area contributed by atoms with Gasteiger partial charge in [-0.05, 0) is 41.1 Å². The van der Waals surface area contributed by atoms with E-state index in [0.717, 1.165) is 16.9 Å². The number of ether oxygens (including phenoxy) is 1. The lowest BCUT2D eigenvalue weighted by Gasteiger charge is -2.13. The Balaban J connectivity index is 1.98. The molecule has 1 N–H and O–H groups in total. The summed E-state index contributed by atoms with van der Waals surface area (Å²) in [7, 11) is 0. The number of carbonyl (C=O) groups excluding carboxylic acids is 1. The highest BCUT2D eigenvalue weighted by atomic mass is 35.5. The number of nitrogens with one attached hydrogen (secondary N) is 1. The van der Waals surface area contributed by atoms with Crippen LogP contribution in [0.3, 0.4) is 0 Å². The van der Waals surface area contributed by atoms with Crippen LogP contribution >= 0.6 is 22.9 Å². The summed E-state index contributed by atoms with van der Waals surface area (Å²) in [4.78, 5) is 13.2. The maximum absolute atomic E-state index is 12.1. The zero-order chi connectivity index (χ0) is 14.8. The average molecular weight is 322 g/mol. The molecule has 1 aromatic carbocycles. The number of amides is 1. The van der Waals surface area contributed by atoms with E-state index in [0.29, 0.717) is 24.5 Å². The van der Waals surface area contributed by atoms with Crippen LogP contribution in [0, 0.1) is 0 Å². The fraction of sp³-hybridized carbons (Fsp3) is 0.312. The Morgan fingerprint density at radius 3 is 3.10 bits per heavy atom. The molecular formula is C16H16ClNO2S. The maximum atomic E-state index is 12.1. The second-order valence-corrected chi connectivity index (χ2v) is 6.27. The highest BCUT2D eigenvalue weighted by Gasteiger charge is 2.21. The Kier molecular flexibility index (Phi) is 4.17. The molecule has 110 valence electrons. The quantitative estimate of drug-likeness (QED) is 0.874. The number of benzene rings is 1. The minimum absolute atomic E-state index is 0.102. The second kappa shape index (κ2) is 6.08. The summed E-state index contributed by atoms with van der Waals surface area (Å²) in [5.41, 5.74) is 2.74. The van der Waals surface area contributed by atoms with Crippen LogP contribution in [0.5, 0.6) is 5.75 Å². The van der Waals surface area contributed by atoms with Gasteiger partial charge in [0.2, 0.25) is 0 Å². The lowest BCUT2D eigenvalue weighted by Crippen LogP contribution is -2.24. The highest BCUT2D eigenvalue weighted by molar-refractivity contribution is 7.10. The molecule has 1 unspecified atom stereocenters. The minimum Gasteiger partial charge on any atom is -0.491 e. The SMILES string of the molecule is CCc1ccsc1C(Cl)c1ccc2c(c1)C(=O)NCCO2. The third kappa shape index (κ3) is 2.78. The summed E-state index contributed by atoms with van der Waals surface area (Å²) < 4.78 is 5.57. The second-order valence-electron chi connectivity index (χ2n) is 4.89. The van der Waals surface area contributed by atoms with E-state index in [1.54, 1.807) is 11.3 Å². The van der Waals surface area contributed by atoms with E-state index in [9.17, 15) is 4.79 Å². The van der Waals surface area contributed by atoms with E-state index in [2.05, 4.69) is 23.7 Å². The Hall–Kier alpha value is -1.52. The molecule has 21 heavy (non-hydrogen) atoms. The molecule has 0 radical (unpaired) electrons. The molecule has 1 amide bonds. The molecule has 2 heterocycles. The lowest BCUT2D eigenvalue weighted by molar-refractivity contribution is 0.0957. The predicted octanol–water partition coefficient (Wildman–Crippen LogP) is 3.76. The molecule has 0 bridgehead atoms. The Morgan fingerprint density at radius 2 is 2.29 bits per heavy atom. The molecule has 2 aromatic rings. The molecule has 1 aliphatic heterocycles. The van der Waals surface area contributed by atoms with Crippen molar-refractivity contribution >= 4 is 28.8 Å². The summed E-state index contributed by atoms with van der Waals surface area (Å²) >= 11 is 8.28. The summed E-state index contributed by atoms with van der Waals surface area (Å²) in [6, 6.07) is 7.72. The Morgan fingerprint density at radius 1 is 1.43 bits per heavy atom. The van der Waals surface area contributed by atoms with Gasteiger partial charge in [0.25, 0.3) is 5.91 Å². The van der Waals surface area contributed by atoms with Gasteiger partial charge in [-0.1, -0.05) is 13.0 Å². The number of carbonyl (C=O) groups is 1. The first-order valence-corrected chi connectivity index (χ1v) is 8.27. The molecule has 0 aliphatic carbocycles. The number of hydrogen-bond donors (Lipinski definition) is 1. The zero-order valence-electron chi connectivity index (χ0n) is 11.7. The van der Waals surface area contributed by atoms with E-state index in [-0.39, 0.29) is 11.3 Å². The van der Waals surface area contributed by atoms with Crippen LogP contribution in [0.15, 0.2) is 29.6 Å². The number of thiophene rings is 1. The van der Waals surface area contributed by atoms with Gasteiger partial charge in [-0.3, -0.25) is 4.79 Å². The van der Waals surface area contributed by atoms with Crippen LogP contribution in [0.4, 0.5) is 0 Å². The minimum atomic E-state index is -0.235. The molecule has 3 nitrogen and oxygen atoms in total. The van der Waals surface area contributed by atoms with Crippen molar-refractivity contribution in [2.75, 3.05) is 13.2 Å². The van der Waals surface area contributed by atoms with Gasteiger partial charge in [0, 0.05) is 4.88 Å². The molecule has 0 saturated heterocycles. The summed E-state index contributed by atoms with van der Waals surface area (Å²) in [6.07, 6.45) is 0.955. The van der Waals surface area contributed by atoms with Gasteiger partial charge >= 0.3 is 0 Å². The number of fused-ring (bicyclic) bond motifs is 1. The first kappa shape index (κ1) is 14.4. The van der Waals surface area contributed by atoms with Crippen molar-refractivity contribution in [1.29, 1.82) is 0 Å². The molecular weight excluding hydrogens is 306 g/mol. The monoisotopic (exact) mass is 321 g/mol. The van der Waals surface area contributed by atoms with E-state index < -0.39 is 0 Å². The first-order chi connectivity index (χ1) is 10.2. The van der Waals surface area contributed by atoms with E-state index in [4.69, 9.17) is 16.3 Å². The molecule has 3 rings (SSSR count). The van der Waals surface area contributed by atoms with Gasteiger partial charge in [-0.25, -0.2) is 0 Å². The normalized spacial score (nSPS) is 15.6. The summed E-state index contributed by atoms with van der Waals surface area (Å²) in [5, 5.41) is 4.64. The van der Waals surface area contributed by atoms with Crippen LogP contribution in [0.25, 0.3) is 0 Å². The van der Waals surface area contributed by atoms with Gasteiger partial charge < -0.3 is 10.1 Å². The van der Waals surface area contributed by atoms with Gasteiger partial charge in [-0.2, -0.15) is 0 Å². The first-order valence-electron chi connectivity index (χ1n) is 6.96. The van der Waals surface area contributed by atoms with Crippen molar-refractivity contribution < 1.29 is 9.53 Å². The van der Waals surface area contributed by atoms with E-state index in [1.807, 2.05) is 18.2 Å². The fourth-order valence-corrected chi connectivity index (χ4v) is 3.87. The third-order valence-corrected chi connectivity index (χ3v) is 5.20. The molecule has 0 spiro atoms. The number of aryl methyl sites for hydroxylation is 1. The maximum Gasteiger partial charge on any atom is 0.255 e. The van der Waals surface area contributed by atoms with Gasteiger partial charge in [0.1, 0.15) is 12.4 Å². The average Bonchev–Trinajstić information content (AvgIpc) is 2.91. The predicted molar refractivity (Wildman–Crippen MR) is 85.7 cm³/mol. The van der Waals surface area contributed by atoms with Crippen molar-refractivity contribution in [3.8, 4) is 5.75 Å². The molecule has 0 fully saturated rings. The number of rotatable bonds is 3. The third-order valence-electron chi connectivity index (χ3n) is 3.58. The molecule has 1 aliphatic rings. The molecule has 1 atom stereocenters. The van der Waals surface area contributed by atoms with E-state index in [1.165, 1.54) is 5.56 Å². The standard InChI is InChI=1S/C16H16ClNO2S/c1-2-10-5-8-21-15(10)14(17)11-3-4-13-12(9-11)16(19)18-6-7-20-13/h3-5,8-9,14H,2,6-7H2,1H3,(H,18,19). The van der Waals surface area contributed by atoms with Crippen molar-refractivity contribution in [3.63, 3.8) is 0 Å². The number of hydrogen-bond acceptors (Lipinski definition) is 3. The van der Waals surface area contributed by atoms with Gasteiger partial charge in [0.15, 0.2) is 0 Å².